The number of hydrogen-bond donors (Lipinski definition) is 1. The SMILES string of the molecule is CCCNC(CC(C)C)CC(C)(C)OC. The van der Waals surface area contributed by atoms with E-state index >= 15 is 0 Å². The summed E-state index contributed by atoms with van der Waals surface area (Å²) in [4.78, 5) is 0. The van der Waals surface area contributed by atoms with E-state index < -0.39 is 0 Å². The second-order valence-corrected chi connectivity index (χ2v) is 5.45. The third kappa shape index (κ3) is 7.80. The van der Waals surface area contributed by atoms with Gasteiger partial charge >= 0.3 is 0 Å². The fourth-order valence-electron chi connectivity index (χ4n) is 1.83. The Morgan fingerprint density at radius 3 is 2.27 bits per heavy atom. The van der Waals surface area contributed by atoms with Crippen molar-refractivity contribution < 1.29 is 4.74 Å². The van der Waals surface area contributed by atoms with Crippen molar-refractivity contribution in [2.75, 3.05) is 13.7 Å². The minimum Gasteiger partial charge on any atom is -0.379 e. The molecule has 0 spiro atoms. The lowest BCUT2D eigenvalue weighted by atomic mass is 9.92. The molecule has 0 aliphatic carbocycles. The van der Waals surface area contributed by atoms with E-state index in [-0.39, 0.29) is 5.60 Å². The molecule has 0 aromatic heterocycles. The highest BCUT2D eigenvalue weighted by Crippen LogP contribution is 2.19. The Bertz CT molecular complexity index is 155. The monoisotopic (exact) mass is 215 g/mol. The first kappa shape index (κ1) is 14.9. The molecule has 1 N–H and O–H groups in total. The molecule has 0 amide bonds. The number of nitrogens with one attached hydrogen (secondary N) is 1. The van der Waals surface area contributed by atoms with E-state index in [1.165, 1.54) is 12.8 Å². The molecular weight excluding hydrogens is 186 g/mol. The molecule has 15 heavy (non-hydrogen) atoms. The maximum absolute atomic E-state index is 5.49. The van der Waals surface area contributed by atoms with Crippen LogP contribution in [0.3, 0.4) is 0 Å². The summed E-state index contributed by atoms with van der Waals surface area (Å²) in [6.45, 7) is 12.2. The molecule has 0 fully saturated rings. The van der Waals surface area contributed by atoms with Crippen molar-refractivity contribution in [1.29, 1.82) is 0 Å². The summed E-state index contributed by atoms with van der Waals surface area (Å²) in [5, 5.41) is 3.61. The molecule has 0 saturated carbocycles. The lowest BCUT2D eigenvalue weighted by Gasteiger charge is -2.30. The van der Waals surface area contributed by atoms with Crippen LogP contribution in [0, 0.1) is 5.92 Å². The fourth-order valence-corrected chi connectivity index (χ4v) is 1.83. The van der Waals surface area contributed by atoms with Crippen LogP contribution in [-0.2, 0) is 4.74 Å². The van der Waals surface area contributed by atoms with Crippen molar-refractivity contribution in [3.05, 3.63) is 0 Å². The van der Waals surface area contributed by atoms with Crippen molar-refractivity contribution in [3.8, 4) is 0 Å². The normalized spacial score (nSPS) is 14.6. The van der Waals surface area contributed by atoms with Gasteiger partial charge in [0, 0.05) is 13.2 Å². The molecule has 0 heterocycles. The van der Waals surface area contributed by atoms with Gasteiger partial charge in [-0.15, -0.1) is 0 Å². The van der Waals surface area contributed by atoms with Crippen LogP contribution in [-0.4, -0.2) is 25.3 Å². The van der Waals surface area contributed by atoms with Gasteiger partial charge < -0.3 is 10.1 Å². The van der Waals surface area contributed by atoms with E-state index in [0.717, 1.165) is 18.9 Å². The average Bonchev–Trinajstić information content (AvgIpc) is 2.13. The van der Waals surface area contributed by atoms with Crippen LogP contribution in [0.1, 0.15) is 53.9 Å². The Kier molecular flexibility index (Phi) is 7.20. The summed E-state index contributed by atoms with van der Waals surface area (Å²) in [5.41, 5.74) is -0.0136. The fraction of sp³-hybridized carbons (Fsp3) is 1.00. The molecule has 2 heteroatoms. The van der Waals surface area contributed by atoms with Crippen LogP contribution in [0.15, 0.2) is 0 Å². The zero-order valence-electron chi connectivity index (χ0n) is 11.4. The molecule has 1 atom stereocenters. The minimum absolute atomic E-state index is 0.0136. The van der Waals surface area contributed by atoms with E-state index in [1.807, 2.05) is 0 Å². The molecule has 0 aromatic carbocycles. The van der Waals surface area contributed by atoms with Crippen LogP contribution in [0.2, 0.25) is 0 Å². The lowest BCUT2D eigenvalue weighted by Crippen LogP contribution is -2.38. The Morgan fingerprint density at radius 2 is 1.87 bits per heavy atom. The summed E-state index contributed by atoms with van der Waals surface area (Å²) in [7, 11) is 1.80. The maximum atomic E-state index is 5.49. The van der Waals surface area contributed by atoms with Gasteiger partial charge in [0.1, 0.15) is 0 Å². The maximum Gasteiger partial charge on any atom is 0.0637 e. The van der Waals surface area contributed by atoms with Gasteiger partial charge in [-0.05, 0) is 45.6 Å². The molecular formula is C13H29NO. The highest BCUT2D eigenvalue weighted by Gasteiger charge is 2.22. The first-order valence-electron chi connectivity index (χ1n) is 6.19. The van der Waals surface area contributed by atoms with Gasteiger partial charge in [-0.2, -0.15) is 0 Å². The van der Waals surface area contributed by atoms with Gasteiger partial charge in [-0.3, -0.25) is 0 Å². The summed E-state index contributed by atoms with van der Waals surface area (Å²) in [5.74, 6) is 0.743. The summed E-state index contributed by atoms with van der Waals surface area (Å²) < 4.78 is 5.49. The largest absolute Gasteiger partial charge is 0.379 e. The van der Waals surface area contributed by atoms with Crippen LogP contribution >= 0.6 is 0 Å². The van der Waals surface area contributed by atoms with Crippen molar-refractivity contribution in [2.45, 2.75) is 65.5 Å². The van der Waals surface area contributed by atoms with Gasteiger partial charge in [-0.25, -0.2) is 0 Å². The van der Waals surface area contributed by atoms with Crippen LogP contribution in [0.25, 0.3) is 0 Å². The molecule has 0 bridgehead atoms. The Balaban J connectivity index is 4.10. The summed E-state index contributed by atoms with van der Waals surface area (Å²) >= 11 is 0. The third-order valence-electron chi connectivity index (χ3n) is 2.73. The Hall–Kier alpha value is -0.0800. The second-order valence-electron chi connectivity index (χ2n) is 5.45. The molecule has 0 rings (SSSR count). The van der Waals surface area contributed by atoms with Gasteiger partial charge in [0.15, 0.2) is 0 Å². The predicted molar refractivity (Wildman–Crippen MR) is 67.2 cm³/mol. The molecule has 2 nitrogen and oxygen atoms in total. The van der Waals surface area contributed by atoms with Gasteiger partial charge in [-0.1, -0.05) is 20.8 Å². The highest BCUT2D eigenvalue weighted by molar-refractivity contribution is 4.79. The van der Waals surface area contributed by atoms with Gasteiger partial charge in [0.05, 0.1) is 5.60 Å². The van der Waals surface area contributed by atoms with Crippen LogP contribution < -0.4 is 5.32 Å². The first-order valence-corrected chi connectivity index (χ1v) is 6.19. The number of hydrogen-bond acceptors (Lipinski definition) is 2. The quantitative estimate of drug-likeness (QED) is 0.671. The molecule has 0 aliphatic rings. The van der Waals surface area contributed by atoms with Crippen molar-refractivity contribution >= 4 is 0 Å². The molecule has 0 aromatic rings. The van der Waals surface area contributed by atoms with E-state index in [1.54, 1.807) is 7.11 Å². The topological polar surface area (TPSA) is 21.3 Å². The van der Waals surface area contributed by atoms with E-state index in [4.69, 9.17) is 4.74 Å². The van der Waals surface area contributed by atoms with E-state index in [2.05, 4.69) is 39.9 Å². The zero-order valence-corrected chi connectivity index (χ0v) is 11.4. The number of methoxy groups -OCH3 is 1. The lowest BCUT2D eigenvalue weighted by molar-refractivity contribution is 0.00543. The molecule has 0 saturated heterocycles. The smallest absolute Gasteiger partial charge is 0.0637 e. The highest BCUT2D eigenvalue weighted by atomic mass is 16.5. The molecule has 92 valence electrons. The van der Waals surface area contributed by atoms with Crippen LogP contribution in [0.5, 0.6) is 0 Å². The Morgan fingerprint density at radius 1 is 1.27 bits per heavy atom. The predicted octanol–water partition coefficient (Wildman–Crippen LogP) is 3.22. The molecule has 1 unspecified atom stereocenters. The standard InChI is InChI=1S/C13H29NO/c1-7-8-14-12(9-11(2)3)10-13(4,5)15-6/h11-12,14H,7-10H2,1-6H3. The van der Waals surface area contributed by atoms with Gasteiger partial charge in [0.2, 0.25) is 0 Å². The summed E-state index contributed by atoms with van der Waals surface area (Å²) in [6.07, 6.45) is 3.51. The van der Waals surface area contributed by atoms with Gasteiger partial charge in [0.25, 0.3) is 0 Å². The first-order chi connectivity index (χ1) is 6.91. The van der Waals surface area contributed by atoms with Crippen LogP contribution in [0.4, 0.5) is 0 Å². The van der Waals surface area contributed by atoms with Crippen molar-refractivity contribution in [1.82, 2.24) is 5.32 Å². The second kappa shape index (κ2) is 7.24. The summed E-state index contributed by atoms with van der Waals surface area (Å²) in [6, 6.07) is 0.583. The third-order valence-corrected chi connectivity index (χ3v) is 2.73. The zero-order chi connectivity index (χ0) is 11.9. The Labute approximate surface area is 95.8 Å². The van der Waals surface area contributed by atoms with Crippen molar-refractivity contribution in [2.24, 2.45) is 5.92 Å². The van der Waals surface area contributed by atoms with Crippen molar-refractivity contribution in [3.63, 3.8) is 0 Å². The van der Waals surface area contributed by atoms with E-state index in [9.17, 15) is 0 Å². The number of rotatable bonds is 8. The minimum atomic E-state index is -0.0136. The average molecular weight is 215 g/mol. The molecule has 0 radical (unpaired) electrons. The number of ether oxygens (including phenoxy) is 1. The molecule has 0 aliphatic heterocycles. The van der Waals surface area contributed by atoms with E-state index in [0.29, 0.717) is 6.04 Å².